The maximum atomic E-state index is 8.79. The zero-order valence-electron chi connectivity index (χ0n) is 9.73. The first-order valence-corrected chi connectivity index (χ1v) is 6.40. The lowest BCUT2D eigenvalue weighted by Crippen LogP contribution is -2.12. The van der Waals surface area contributed by atoms with Crippen molar-refractivity contribution in [1.82, 2.24) is 5.32 Å². The lowest BCUT2D eigenvalue weighted by molar-refractivity contribution is 0.698. The van der Waals surface area contributed by atoms with E-state index in [1.165, 1.54) is 16.0 Å². The second-order valence-corrected chi connectivity index (χ2v) is 4.97. The lowest BCUT2D eigenvalue weighted by atomic mass is 10.1. The summed E-state index contributed by atoms with van der Waals surface area (Å²) in [5.74, 6) is 0. The van der Waals surface area contributed by atoms with Crippen LogP contribution in [-0.4, -0.2) is 0 Å². The van der Waals surface area contributed by atoms with Gasteiger partial charge in [0.05, 0.1) is 11.6 Å². The van der Waals surface area contributed by atoms with Gasteiger partial charge in [-0.3, -0.25) is 0 Å². The average Bonchev–Trinajstić information content (AvgIpc) is 2.84. The highest BCUT2D eigenvalue weighted by Crippen LogP contribution is 2.12. The van der Waals surface area contributed by atoms with E-state index in [9.17, 15) is 0 Å². The Bertz CT molecular complexity index is 524. The minimum Gasteiger partial charge on any atom is -0.308 e. The first-order chi connectivity index (χ1) is 8.29. The molecule has 17 heavy (non-hydrogen) atoms. The first-order valence-electron chi connectivity index (χ1n) is 5.52. The van der Waals surface area contributed by atoms with Gasteiger partial charge in [-0.15, -0.1) is 11.3 Å². The Morgan fingerprint density at radius 2 is 2.18 bits per heavy atom. The fourth-order valence-corrected chi connectivity index (χ4v) is 2.37. The number of aryl methyl sites for hydroxylation is 1. The minimum absolute atomic E-state index is 0.726. The molecule has 2 rings (SSSR count). The standard InChI is InChI=1S/C14H14N2S/c1-11-7-12(8-15)4-5-13(11)9-16-10-14-3-2-6-17-14/h2-7,16H,9-10H2,1H3. The monoisotopic (exact) mass is 242 g/mol. The number of benzene rings is 1. The molecule has 0 unspecified atom stereocenters. The SMILES string of the molecule is Cc1cc(C#N)ccc1CNCc1cccs1. The van der Waals surface area contributed by atoms with Crippen LogP contribution in [0.4, 0.5) is 0 Å². The van der Waals surface area contributed by atoms with E-state index in [4.69, 9.17) is 5.26 Å². The Morgan fingerprint density at radius 3 is 2.82 bits per heavy atom. The Morgan fingerprint density at radius 1 is 1.29 bits per heavy atom. The van der Waals surface area contributed by atoms with Crippen molar-refractivity contribution in [2.45, 2.75) is 20.0 Å². The molecule has 2 aromatic rings. The number of nitriles is 1. The first kappa shape index (κ1) is 11.8. The van der Waals surface area contributed by atoms with Crippen molar-refractivity contribution in [3.05, 3.63) is 57.3 Å². The van der Waals surface area contributed by atoms with Crippen LogP contribution in [0.5, 0.6) is 0 Å². The molecular formula is C14H14N2S. The van der Waals surface area contributed by atoms with Crippen LogP contribution in [0.25, 0.3) is 0 Å². The molecule has 0 radical (unpaired) electrons. The van der Waals surface area contributed by atoms with Crippen molar-refractivity contribution in [2.75, 3.05) is 0 Å². The summed E-state index contributed by atoms with van der Waals surface area (Å²) in [4.78, 5) is 1.34. The molecule has 0 saturated carbocycles. The third-order valence-electron chi connectivity index (χ3n) is 2.67. The normalized spacial score (nSPS) is 10.1. The van der Waals surface area contributed by atoms with Crippen LogP contribution < -0.4 is 5.32 Å². The molecule has 0 aliphatic carbocycles. The summed E-state index contributed by atoms with van der Waals surface area (Å²) in [6.07, 6.45) is 0. The average molecular weight is 242 g/mol. The highest BCUT2D eigenvalue weighted by Gasteiger charge is 2.00. The van der Waals surface area contributed by atoms with E-state index in [2.05, 4.69) is 28.9 Å². The summed E-state index contributed by atoms with van der Waals surface area (Å²) >= 11 is 1.76. The van der Waals surface area contributed by atoms with E-state index in [0.29, 0.717) is 0 Å². The van der Waals surface area contributed by atoms with E-state index < -0.39 is 0 Å². The molecule has 1 N–H and O–H groups in total. The maximum absolute atomic E-state index is 8.79. The van der Waals surface area contributed by atoms with Crippen LogP contribution in [-0.2, 0) is 13.1 Å². The maximum Gasteiger partial charge on any atom is 0.0991 e. The van der Waals surface area contributed by atoms with Crippen molar-refractivity contribution in [2.24, 2.45) is 0 Å². The molecule has 1 aromatic heterocycles. The molecular weight excluding hydrogens is 228 g/mol. The van der Waals surface area contributed by atoms with Gasteiger partial charge in [-0.05, 0) is 41.6 Å². The molecule has 1 aromatic carbocycles. The fourth-order valence-electron chi connectivity index (χ4n) is 1.70. The molecule has 0 spiro atoms. The predicted molar refractivity (Wildman–Crippen MR) is 70.8 cm³/mol. The quantitative estimate of drug-likeness (QED) is 0.893. The van der Waals surface area contributed by atoms with Crippen molar-refractivity contribution >= 4 is 11.3 Å². The molecule has 0 aliphatic heterocycles. The molecule has 0 amide bonds. The van der Waals surface area contributed by atoms with Gasteiger partial charge < -0.3 is 5.32 Å². The Balaban J connectivity index is 1.93. The summed E-state index contributed by atoms with van der Waals surface area (Å²) in [6, 6.07) is 12.2. The van der Waals surface area contributed by atoms with Crippen molar-refractivity contribution in [3.8, 4) is 6.07 Å². The zero-order chi connectivity index (χ0) is 12.1. The summed E-state index contributed by atoms with van der Waals surface area (Å²) in [7, 11) is 0. The van der Waals surface area contributed by atoms with Gasteiger partial charge in [-0.1, -0.05) is 12.1 Å². The third kappa shape index (κ3) is 3.16. The molecule has 2 nitrogen and oxygen atoms in total. The second kappa shape index (κ2) is 5.62. The molecule has 86 valence electrons. The number of hydrogen-bond donors (Lipinski definition) is 1. The van der Waals surface area contributed by atoms with Crippen LogP contribution in [0, 0.1) is 18.3 Å². The summed E-state index contributed by atoms with van der Waals surface area (Å²) in [5, 5.41) is 14.3. The van der Waals surface area contributed by atoms with E-state index in [-0.39, 0.29) is 0 Å². The van der Waals surface area contributed by atoms with Gasteiger partial charge in [0.25, 0.3) is 0 Å². The van der Waals surface area contributed by atoms with Crippen molar-refractivity contribution in [3.63, 3.8) is 0 Å². The van der Waals surface area contributed by atoms with Gasteiger partial charge in [-0.25, -0.2) is 0 Å². The van der Waals surface area contributed by atoms with Gasteiger partial charge in [0, 0.05) is 18.0 Å². The predicted octanol–water partition coefficient (Wildman–Crippen LogP) is 3.22. The largest absolute Gasteiger partial charge is 0.308 e. The molecule has 0 atom stereocenters. The van der Waals surface area contributed by atoms with E-state index in [1.807, 2.05) is 25.1 Å². The number of rotatable bonds is 4. The summed E-state index contributed by atoms with van der Waals surface area (Å²) in [6.45, 7) is 3.79. The van der Waals surface area contributed by atoms with Gasteiger partial charge in [0.15, 0.2) is 0 Å². The second-order valence-electron chi connectivity index (χ2n) is 3.94. The number of hydrogen-bond acceptors (Lipinski definition) is 3. The van der Waals surface area contributed by atoms with Crippen LogP contribution in [0.2, 0.25) is 0 Å². The highest BCUT2D eigenvalue weighted by molar-refractivity contribution is 7.09. The molecule has 3 heteroatoms. The Hall–Kier alpha value is -1.63. The Labute approximate surface area is 106 Å². The van der Waals surface area contributed by atoms with Gasteiger partial charge >= 0.3 is 0 Å². The number of nitrogens with one attached hydrogen (secondary N) is 1. The number of thiophene rings is 1. The lowest BCUT2D eigenvalue weighted by Gasteiger charge is -2.07. The summed E-state index contributed by atoms with van der Waals surface area (Å²) < 4.78 is 0. The summed E-state index contributed by atoms with van der Waals surface area (Å²) in [5.41, 5.74) is 3.15. The van der Waals surface area contributed by atoms with Crippen LogP contribution in [0.3, 0.4) is 0 Å². The molecule has 0 aliphatic rings. The van der Waals surface area contributed by atoms with Crippen LogP contribution in [0.15, 0.2) is 35.7 Å². The van der Waals surface area contributed by atoms with Gasteiger partial charge in [0.1, 0.15) is 0 Å². The van der Waals surface area contributed by atoms with Gasteiger partial charge in [-0.2, -0.15) is 5.26 Å². The van der Waals surface area contributed by atoms with E-state index in [1.54, 1.807) is 11.3 Å². The van der Waals surface area contributed by atoms with E-state index in [0.717, 1.165) is 18.7 Å². The van der Waals surface area contributed by atoms with E-state index >= 15 is 0 Å². The highest BCUT2D eigenvalue weighted by atomic mass is 32.1. The van der Waals surface area contributed by atoms with Crippen molar-refractivity contribution < 1.29 is 0 Å². The third-order valence-corrected chi connectivity index (χ3v) is 3.54. The molecule has 0 saturated heterocycles. The Kier molecular flexibility index (Phi) is 3.92. The number of nitrogens with zero attached hydrogens (tertiary/aromatic N) is 1. The smallest absolute Gasteiger partial charge is 0.0991 e. The molecule has 0 bridgehead atoms. The van der Waals surface area contributed by atoms with Crippen LogP contribution >= 0.6 is 11.3 Å². The topological polar surface area (TPSA) is 35.8 Å². The van der Waals surface area contributed by atoms with Crippen molar-refractivity contribution in [1.29, 1.82) is 5.26 Å². The van der Waals surface area contributed by atoms with Crippen LogP contribution in [0.1, 0.15) is 21.6 Å². The molecule has 0 fully saturated rings. The minimum atomic E-state index is 0.726. The zero-order valence-corrected chi connectivity index (χ0v) is 10.6. The molecule has 1 heterocycles. The fraction of sp³-hybridized carbons (Fsp3) is 0.214. The van der Waals surface area contributed by atoms with Gasteiger partial charge in [0.2, 0.25) is 0 Å².